The molecule has 1 aromatic heterocycles. The number of halogens is 1. The van der Waals surface area contributed by atoms with E-state index in [0.717, 1.165) is 11.8 Å². The Balaban J connectivity index is 2.30. The molecule has 0 bridgehead atoms. The van der Waals surface area contributed by atoms with Crippen LogP contribution in [0.3, 0.4) is 0 Å². The second kappa shape index (κ2) is 6.20. The third kappa shape index (κ3) is 3.27. The number of benzene rings is 1. The summed E-state index contributed by atoms with van der Waals surface area (Å²) in [5.74, 6) is 0.288. The van der Waals surface area contributed by atoms with Gasteiger partial charge in [-0.15, -0.1) is 0 Å². The molecule has 0 aliphatic rings. The smallest absolute Gasteiger partial charge is 0.289 e. The van der Waals surface area contributed by atoms with Crippen molar-refractivity contribution in [3.05, 3.63) is 62.8 Å². The van der Waals surface area contributed by atoms with Gasteiger partial charge in [-0.25, -0.2) is 4.98 Å². The van der Waals surface area contributed by atoms with Gasteiger partial charge in [-0.2, -0.15) is 5.26 Å². The quantitative estimate of drug-likeness (QED) is 0.687. The fourth-order valence-corrected chi connectivity index (χ4v) is 2.16. The lowest BCUT2D eigenvalue weighted by molar-refractivity contribution is -0.385. The molecule has 106 valence electrons. The normalized spacial score (nSPS) is 11.5. The summed E-state index contributed by atoms with van der Waals surface area (Å²) in [4.78, 5) is 14.0. The van der Waals surface area contributed by atoms with Crippen molar-refractivity contribution in [1.29, 1.82) is 5.26 Å². The molecule has 1 aromatic carbocycles. The summed E-state index contributed by atoms with van der Waals surface area (Å²) in [7, 11) is 0. The van der Waals surface area contributed by atoms with E-state index in [-0.39, 0.29) is 23.1 Å². The summed E-state index contributed by atoms with van der Waals surface area (Å²) in [5.41, 5.74) is 0.744. The summed E-state index contributed by atoms with van der Waals surface area (Å²) in [6, 6.07) is 10.2. The highest BCUT2D eigenvalue weighted by molar-refractivity contribution is 6.31. The minimum absolute atomic E-state index is 0.114. The number of pyridine rings is 1. The predicted molar refractivity (Wildman–Crippen MR) is 79.1 cm³/mol. The number of hydrogen-bond donors (Lipinski definition) is 1. The molecular weight excluding hydrogens is 292 g/mol. The summed E-state index contributed by atoms with van der Waals surface area (Å²) in [5, 5.41) is 23.4. The van der Waals surface area contributed by atoms with Crippen LogP contribution in [0.2, 0.25) is 5.02 Å². The molecular formula is C14H11ClN4O2. The van der Waals surface area contributed by atoms with Gasteiger partial charge in [0, 0.05) is 11.1 Å². The van der Waals surface area contributed by atoms with Crippen molar-refractivity contribution in [2.75, 3.05) is 5.32 Å². The van der Waals surface area contributed by atoms with Gasteiger partial charge in [0.15, 0.2) is 0 Å². The molecule has 0 spiro atoms. The van der Waals surface area contributed by atoms with Gasteiger partial charge in [-0.1, -0.05) is 29.8 Å². The molecule has 0 aliphatic heterocycles. The molecule has 7 heteroatoms. The molecule has 2 aromatic rings. The molecule has 1 unspecified atom stereocenters. The lowest BCUT2D eigenvalue weighted by Crippen LogP contribution is -2.10. The molecule has 1 N–H and O–H groups in total. The maximum absolute atomic E-state index is 10.7. The highest BCUT2D eigenvalue weighted by Gasteiger charge is 2.15. The fraction of sp³-hybridized carbons (Fsp3) is 0.143. The molecule has 0 amide bonds. The molecule has 0 radical (unpaired) electrons. The second-order valence-electron chi connectivity index (χ2n) is 4.35. The summed E-state index contributed by atoms with van der Waals surface area (Å²) >= 11 is 6.11. The average molecular weight is 303 g/mol. The first kappa shape index (κ1) is 14.8. The van der Waals surface area contributed by atoms with Crippen molar-refractivity contribution in [3.8, 4) is 6.07 Å². The third-order valence-electron chi connectivity index (χ3n) is 2.93. The zero-order valence-corrected chi connectivity index (χ0v) is 11.8. The Morgan fingerprint density at radius 1 is 1.48 bits per heavy atom. The van der Waals surface area contributed by atoms with Crippen LogP contribution in [0.25, 0.3) is 0 Å². The van der Waals surface area contributed by atoms with Crippen LogP contribution in [-0.4, -0.2) is 9.91 Å². The van der Waals surface area contributed by atoms with Gasteiger partial charge in [0.1, 0.15) is 23.6 Å². The van der Waals surface area contributed by atoms with Gasteiger partial charge in [-0.05, 0) is 18.6 Å². The van der Waals surface area contributed by atoms with Gasteiger partial charge >= 0.3 is 0 Å². The molecule has 0 saturated heterocycles. The standard InChI is InChI=1S/C14H11ClN4O2/c1-9(12-4-2-3-5-13(12)15)18-14-10(7-16)6-11(8-17-14)19(20)21/h2-6,8-9H,1H3,(H,17,18). The monoisotopic (exact) mass is 302 g/mol. The van der Waals surface area contributed by atoms with Crippen LogP contribution in [0.15, 0.2) is 36.5 Å². The van der Waals surface area contributed by atoms with Crippen molar-refractivity contribution >= 4 is 23.1 Å². The van der Waals surface area contributed by atoms with Crippen LogP contribution in [0, 0.1) is 21.4 Å². The SMILES string of the molecule is CC(Nc1ncc([N+](=O)[O-])cc1C#N)c1ccccc1Cl. The van der Waals surface area contributed by atoms with Crippen molar-refractivity contribution in [2.45, 2.75) is 13.0 Å². The maximum atomic E-state index is 10.7. The first-order valence-electron chi connectivity index (χ1n) is 6.08. The van der Waals surface area contributed by atoms with Crippen LogP contribution >= 0.6 is 11.6 Å². The number of aromatic nitrogens is 1. The lowest BCUT2D eigenvalue weighted by Gasteiger charge is -2.16. The summed E-state index contributed by atoms with van der Waals surface area (Å²) in [6.07, 6.45) is 1.11. The summed E-state index contributed by atoms with van der Waals surface area (Å²) < 4.78 is 0. The van der Waals surface area contributed by atoms with Crippen LogP contribution < -0.4 is 5.32 Å². The van der Waals surface area contributed by atoms with Gasteiger partial charge in [-0.3, -0.25) is 10.1 Å². The summed E-state index contributed by atoms with van der Waals surface area (Å²) in [6.45, 7) is 1.87. The minimum atomic E-state index is -0.588. The molecule has 0 fully saturated rings. The molecule has 0 aliphatic carbocycles. The van der Waals surface area contributed by atoms with E-state index < -0.39 is 4.92 Å². The molecule has 1 atom stereocenters. The molecule has 0 saturated carbocycles. The molecule has 1 heterocycles. The van der Waals surface area contributed by atoms with Gasteiger partial charge in [0.25, 0.3) is 5.69 Å². The van der Waals surface area contributed by atoms with Crippen LogP contribution in [0.1, 0.15) is 24.1 Å². The Labute approximate surface area is 126 Å². The Hall–Kier alpha value is -2.65. The zero-order valence-electron chi connectivity index (χ0n) is 11.1. The number of nitriles is 1. The largest absolute Gasteiger partial charge is 0.362 e. The maximum Gasteiger partial charge on any atom is 0.289 e. The highest BCUT2D eigenvalue weighted by atomic mass is 35.5. The number of rotatable bonds is 4. The van der Waals surface area contributed by atoms with Crippen molar-refractivity contribution in [3.63, 3.8) is 0 Å². The van der Waals surface area contributed by atoms with E-state index in [0.29, 0.717) is 5.02 Å². The first-order valence-corrected chi connectivity index (χ1v) is 6.46. The molecule has 21 heavy (non-hydrogen) atoms. The van der Waals surface area contributed by atoms with E-state index in [2.05, 4.69) is 10.3 Å². The Kier molecular flexibility index (Phi) is 4.36. The van der Waals surface area contributed by atoms with Crippen LogP contribution in [-0.2, 0) is 0 Å². The van der Waals surface area contributed by atoms with Crippen molar-refractivity contribution < 1.29 is 4.92 Å². The number of hydrogen-bond acceptors (Lipinski definition) is 5. The van der Waals surface area contributed by atoms with E-state index in [9.17, 15) is 10.1 Å². The van der Waals surface area contributed by atoms with Crippen LogP contribution in [0.4, 0.5) is 11.5 Å². The minimum Gasteiger partial charge on any atom is -0.362 e. The van der Waals surface area contributed by atoms with E-state index >= 15 is 0 Å². The molecule has 6 nitrogen and oxygen atoms in total. The second-order valence-corrected chi connectivity index (χ2v) is 4.75. The van der Waals surface area contributed by atoms with Crippen LogP contribution in [0.5, 0.6) is 0 Å². The van der Waals surface area contributed by atoms with Crippen molar-refractivity contribution in [1.82, 2.24) is 4.98 Å². The predicted octanol–water partition coefficient (Wildman–Crippen LogP) is 3.69. The van der Waals surface area contributed by atoms with E-state index in [1.54, 1.807) is 6.07 Å². The third-order valence-corrected chi connectivity index (χ3v) is 3.27. The molecule has 2 rings (SSSR count). The number of anilines is 1. The van der Waals surface area contributed by atoms with E-state index in [1.165, 1.54) is 6.07 Å². The fourth-order valence-electron chi connectivity index (χ4n) is 1.86. The Morgan fingerprint density at radius 2 is 2.19 bits per heavy atom. The number of nitrogens with one attached hydrogen (secondary N) is 1. The Bertz CT molecular complexity index is 727. The zero-order chi connectivity index (χ0) is 15.4. The first-order chi connectivity index (χ1) is 10.0. The Morgan fingerprint density at radius 3 is 2.81 bits per heavy atom. The highest BCUT2D eigenvalue weighted by Crippen LogP contribution is 2.27. The number of nitro groups is 1. The van der Waals surface area contributed by atoms with E-state index in [1.807, 2.05) is 31.2 Å². The van der Waals surface area contributed by atoms with E-state index in [4.69, 9.17) is 16.9 Å². The van der Waals surface area contributed by atoms with Crippen molar-refractivity contribution in [2.24, 2.45) is 0 Å². The lowest BCUT2D eigenvalue weighted by atomic mass is 10.1. The topological polar surface area (TPSA) is 91.8 Å². The average Bonchev–Trinajstić information content (AvgIpc) is 2.47. The van der Waals surface area contributed by atoms with Gasteiger partial charge < -0.3 is 5.32 Å². The van der Waals surface area contributed by atoms with Gasteiger partial charge in [0.05, 0.1) is 11.0 Å². The number of nitrogens with zero attached hydrogens (tertiary/aromatic N) is 3. The van der Waals surface area contributed by atoms with Gasteiger partial charge in [0.2, 0.25) is 0 Å².